The van der Waals surface area contributed by atoms with Crippen LogP contribution in [0.3, 0.4) is 0 Å². The van der Waals surface area contributed by atoms with E-state index >= 15 is 0 Å². The van der Waals surface area contributed by atoms with Crippen molar-refractivity contribution >= 4 is 40.9 Å². The first-order chi connectivity index (χ1) is 14.0. The van der Waals surface area contributed by atoms with Gasteiger partial charge in [-0.25, -0.2) is 0 Å². The summed E-state index contributed by atoms with van der Waals surface area (Å²) in [6.45, 7) is 3.37. The van der Waals surface area contributed by atoms with Gasteiger partial charge in [-0.2, -0.15) is 0 Å². The lowest BCUT2D eigenvalue weighted by atomic mass is 10.2. The summed E-state index contributed by atoms with van der Waals surface area (Å²) in [7, 11) is 0. The van der Waals surface area contributed by atoms with Crippen LogP contribution in [0.15, 0.2) is 40.4 Å². The Labute approximate surface area is 179 Å². The Kier molecular flexibility index (Phi) is 5.89. The largest absolute Gasteiger partial charge is 0.484 e. The number of nitrogens with zero attached hydrogens (tertiary/aromatic N) is 1. The van der Waals surface area contributed by atoms with Crippen LogP contribution in [0.25, 0.3) is 6.08 Å². The molecule has 0 saturated carbocycles. The Morgan fingerprint density at radius 2 is 2.24 bits per heavy atom. The molecule has 29 heavy (non-hydrogen) atoms. The molecule has 2 aliphatic heterocycles. The number of rotatable bonds is 6. The van der Waals surface area contributed by atoms with E-state index in [-0.39, 0.29) is 18.6 Å². The first kappa shape index (κ1) is 19.9. The van der Waals surface area contributed by atoms with Gasteiger partial charge in [-0.1, -0.05) is 23.7 Å². The van der Waals surface area contributed by atoms with E-state index in [2.05, 4.69) is 5.32 Å². The van der Waals surface area contributed by atoms with Crippen molar-refractivity contribution in [2.24, 2.45) is 0 Å². The van der Waals surface area contributed by atoms with E-state index in [0.717, 1.165) is 25.0 Å². The molecule has 2 saturated heterocycles. The van der Waals surface area contributed by atoms with Crippen LogP contribution in [-0.2, 0) is 16.1 Å². The zero-order valence-corrected chi connectivity index (χ0v) is 17.5. The highest BCUT2D eigenvalue weighted by molar-refractivity contribution is 7.80. The van der Waals surface area contributed by atoms with Crippen molar-refractivity contribution in [3.8, 4) is 5.75 Å². The first-order valence-electron chi connectivity index (χ1n) is 9.44. The van der Waals surface area contributed by atoms with Crippen molar-refractivity contribution < 1.29 is 18.7 Å². The number of aryl methyl sites for hydroxylation is 1. The van der Waals surface area contributed by atoms with Crippen molar-refractivity contribution in [3.63, 3.8) is 0 Å². The van der Waals surface area contributed by atoms with Crippen LogP contribution in [0.5, 0.6) is 5.75 Å². The number of para-hydroxylation sites is 1. The molecule has 1 atom stereocenters. The van der Waals surface area contributed by atoms with Gasteiger partial charge < -0.3 is 19.2 Å². The summed E-state index contributed by atoms with van der Waals surface area (Å²) in [6.07, 6.45) is 3.64. The topological polar surface area (TPSA) is 63.9 Å². The fraction of sp³-hybridized carbons (Fsp3) is 0.333. The number of benzene rings is 1. The van der Waals surface area contributed by atoms with E-state index in [1.54, 1.807) is 29.2 Å². The van der Waals surface area contributed by atoms with Crippen LogP contribution >= 0.6 is 23.8 Å². The predicted molar refractivity (Wildman–Crippen MR) is 114 cm³/mol. The second kappa shape index (κ2) is 8.57. The number of nitrogens with one attached hydrogen (secondary N) is 1. The van der Waals surface area contributed by atoms with E-state index in [1.807, 2.05) is 19.1 Å². The number of furan rings is 1. The van der Waals surface area contributed by atoms with Crippen LogP contribution in [0.4, 0.5) is 0 Å². The lowest BCUT2D eigenvalue weighted by Crippen LogP contribution is -2.37. The number of carbonyl (C=O) groups excluding carboxylic acids is 1. The maximum absolute atomic E-state index is 12.7. The zero-order chi connectivity index (χ0) is 20.4. The summed E-state index contributed by atoms with van der Waals surface area (Å²) < 4.78 is 17.2. The van der Waals surface area contributed by atoms with E-state index in [1.165, 1.54) is 0 Å². The van der Waals surface area contributed by atoms with Crippen molar-refractivity contribution in [3.05, 3.63) is 58.1 Å². The summed E-state index contributed by atoms with van der Waals surface area (Å²) in [5.74, 6) is 1.62. The third kappa shape index (κ3) is 4.47. The summed E-state index contributed by atoms with van der Waals surface area (Å²) in [4.78, 5) is 14.2. The highest BCUT2D eigenvalue weighted by Crippen LogP contribution is 2.29. The molecule has 1 amide bonds. The van der Waals surface area contributed by atoms with Gasteiger partial charge in [0, 0.05) is 12.7 Å². The lowest BCUT2D eigenvalue weighted by molar-refractivity contribution is -0.123. The monoisotopic (exact) mass is 432 g/mol. The van der Waals surface area contributed by atoms with Gasteiger partial charge in [0.1, 0.15) is 29.6 Å². The molecule has 2 aromatic rings. The molecule has 1 aromatic heterocycles. The first-order valence-corrected chi connectivity index (χ1v) is 10.2. The molecule has 3 heterocycles. The smallest absolute Gasteiger partial charge is 0.276 e. The van der Waals surface area contributed by atoms with Crippen LogP contribution in [0.2, 0.25) is 5.02 Å². The molecule has 2 fully saturated rings. The second-order valence-corrected chi connectivity index (χ2v) is 7.81. The minimum Gasteiger partial charge on any atom is -0.484 e. The predicted octanol–water partition coefficient (Wildman–Crippen LogP) is 4.06. The van der Waals surface area contributed by atoms with Gasteiger partial charge in [-0.3, -0.25) is 9.69 Å². The Balaban J connectivity index is 1.41. The highest BCUT2D eigenvalue weighted by Gasteiger charge is 2.33. The van der Waals surface area contributed by atoms with Crippen molar-refractivity contribution in [2.75, 3.05) is 13.2 Å². The molecule has 8 heteroatoms. The van der Waals surface area contributed by atoms with Gasteiger partial charge in [-0.15, -0.1) is 0 Å². The molecule has 0 aliphatic carbocycles. The molecule has 6 nitrogen and oxygen atoms in total. The number of ether oxygens (including phenoxy) is 2. The van der Waals surface area contributed by atoms with E-state index in [0.29, 0.717) is 39.6 Å². The fourth-order valence-electron chi connectivity index (χ4n) is 3.36. The maximum atomic E-state index is 12.7. The lowest BCUT2D eigenvalue weighted by Gasteiger charge is -2.18. The summed E-state index contributed by atoms with van der Waals surface area (Å²) in [5, 5.41) is 3.91. The number of carbonyl (C=O) groups is 1. The Bertz CT molecular complexity index is 945. The van der Waals surface area contributed by atoms with Gasteiger partial charge in [0.2, 0.25) is 0 Å². The van der Waals surface area contributed by atoms with Crippen molar-refractivity contribution in [1.82, 2.24) is 10.2 Å². The summed E-state index contributed by atoms with van der Waals surface area (Å²) in [5.41, 5.74) is 1.34. The van der Waals surface area contributed by atoms with Crippen LogP contribution in [0, 0.1) is 6.92 Å². The van der Waals surface area contributed by atoms with Crippen LogP contribution in [-0.4, -0.2) is 35.2 Å². The maximum Gasteiger partial charge on any atom is 0.276 e. The number of thiocarbonyl (C=S) groups is 1. The van der Waals surface area contributed by atoms with Crippen LogP contribution in [0.1, 0.15) is 29.9 Å². The third-order valence-corrected chi connectivity index (χ3v) is 5.48. The molecule has 1 unspecified atom stereocenters. The van der Waals surface area contributed by atoms with Gasteiger partial charge in [-0.05, 0) is 55.7 Å². The second-order valence-electron chi connectivity index (χ2n) is 7.02. The molecule has 1 N–H and O–H groups in total. The quantitative estimate of drug-likeness (QED) is 0.548. The average Bonchev–Trinajstić information content (AvgIpc) is 3.41. The molecule has 152 valence electrons. The van der Waals surface area contributed by atoms with Gasteiger partial charge in [0.25, 0.3) is 5.91 Å². The van der Waals surface area contributed by atoms with Gasteiger partial charge in [0.05, 0.1) is 17.7 Å². The highest BCUT2D eigenvalue weighted by atomic mass is 35.5. The third-order valence-electron chi connectivity index (χ3n) is 4.86. The van der Waals surface area contributed by atoms with Gasteiger partial charge in [0.15, 0.2) is 5.11 Å². The Hall–Kier alpha value is -2.35. The number of amides is 1. The summed E-state index contributed by atoms with van der Waals surface area (Å²) >= 11 is 11.5. The minimum atomic E-state index is -0.175. The normalized spacial score (nSPS) is 20.6. The average molecular weight is 433 g/mol. The molecule has 0 spiro atoms. The number of halogens is 1. The van der Waals surface area contributed by atoms with E-state index < -0.39 is 0 Å². The molecular weight excluding hydrogens is 412 g/mol. The van der Waals surface area contributed by atoms with E-state index in [4.69, 9.17) is 37.7 Å². The molecule has 0 radical (unpaired) electrons. The molecular formula is C21H21ClN2O4S. The number of hydrogen-bond donors (Lipinski definition) is 1. The Morgan fingerprint density at radius 1 is 1.38 bits per heavy atom. The minimum absolute atomic E-state index is 0.0404. The summed E-state index contributed by atoms with van der Waals surface area (Å²) in [6, 6.07) is 9.18. The zero-order valence-electron chi connectivity index (χ0n) is 15.9. The fourth-order valence-corrected chi connectivity index (χ4v) is 3.91. The molecule has 1 aromatic carbocycles. The SMILES string of the molecule is Cc1cccc(Cl)c1OCc1ccc(/C=C2/NC(=S)N(CC3CCCO3)C2=O)o1. The van der Waals surface area contributed by atoms with Crippen molar-refractivity contribution in [2.45, 2.75) is 32.5 Å². The number of hydrogen-bond acceptors (Lipinski definition) is 5. The van der Waals surface area contributed by atoms with Crippen molar-refractivity contribution in [1.29, 1.82) is 0 Å². The van der Waals surface area contributed by atoms with Gasteiger partial charge >= 0.3 is 0 Å². The molecule has 0 bridgehead atoms. The molecule has 4 rings (SSSR count). The van der Waals surface area contributed by atoms with Crippen LogP contribution < -0.4 is 10.1 Å². The molecule has 2 aliphatic rings. The standard InChI is InChI=1S/C21H21ClN2O4S/c1-13-4-2-6-17(22)19(13)27-12-16-8-7-14(28-16)10-18-20(25)24(21(29)23-18)11-15-5-3-9-26-15/h2,4,6-8,10,15H,3,5,9,11-12H2,1H3,(H,23,29)/b18-10+. The Morgan fingerprint density at radius 3 is 3.00 bits per heavy atom. The van der Waals surface area contributed by atoms with E-state index in [9.17, 15) is 4.79 Å².